The summed E-state index contributed by atoms with van der Waals surface area (Å²) >= 11 is 0. The zero-order valence-corrected chi connectivity index (χ0v) is 10.3. The molecule has 5 nitrogen and oxygen atoms in total. The Bertz CT molecular complexity index is 859. The number of H-pyrrole nitrogens is 1. The number of nitrogens with zero attached hydrogens (tertiary/aromatic N) is 3. The van der Waals surface area contributed by atoms with E-state index in [1.54, 1.807) is 0 Å². The van der Waals surface area contributed by atoms with E-state index in [0.717, 1.165) is 18.2 Å². The molecule has 0 fully saturated rings. The fourth-order valence-corrected chi connectivity index (χ4v) is 1.87. The Labute approximate surface area is 115 Å². The van der Waals surface area contributed by atoms with E-state index in [0.29, 0.717) is 5.69 Å². The number of halogens is 3. The SMILES string of the molecule is O=c1[nH]c(-c2ccncn2)nc2cc(C(F)(F)F)ccc12. The fraction of sp³-hybridized carbons (Fsp3) is 0.0769. The van der Waals surface area contributed by atoms with Crippen molar-refractivity contribution in [1.29, 1.82) is 0 Å². The summed E-state index contributed by atoms with van der Waals surface area (Å²) in [5, 5.41) is 0.0841. The van der Waals surface area contributed by atoms with Crippen LogP contribution < -0.4 is 5.56 Å². The Morgan fingerprint density at radius 1 is 1.14 bits per heavy atom. The highest BCUT2D eigenvalue weighted by atomic mass is 19.4. The van der Waals surface area contributed by atoms with Crippen LogP contribution in [0.5, 0.6) is 0 Å². The van der Waals surface area contributed by atoms with Crippen LogP contribution in [0.25, 0.3) is 22.4 Å². The molecule has 0 saturated carbocycles. The molecule has 0 atom stereocenters. The average Bonchev–Trinajstić information content (AvgIpc) is 2.46. The minimum atomic E-state index is -4.49. The number of aromatic nitrogens is 4. The van der Waals surface area contributed by atoms with Crippen LogP contribution >= 0.6 is 0 Å². The molecule has 0 bridgehead atoms. The van der Waals surface area contributed by atoms with Gasteiger partial charge in [-0.2, -0.15) is 13.2 Å². The van der Waals surface area contributed by atoms with Gasteiger partial charge in [0.2, 0.25) is 0 Å². The third-order valence-corrected chi connectivity index (χ3v) is 2.86. The summed E-state index contributed by atoms with van der Waals surface area (Å²) in [6.07, 6.45) is -1.79. The normalized spacial score (nSPS) is 11.8. The molecule has 106 valence electrons. The average molecular weight is 292 g/mol. The van der Waals surface area contributed by atoms with Crippen molar-refractivity contribution in [2.75, 3.05) is 0 Å². The molecule has 2 heterocycles. The van der Waals surface area contributed by atoms with Crippen LogP contribution in [0, 0.1) is 0 Å². The van der Waals surface area contributed by atoms with Crippen LogP contribution in [0.15, 0.2) is 41.6 Å². The van der Waals surface area contributed by atoms with Crippen molar-refractivity contribution in [3.63, 3.8) is 0 Å². The minimum Gasteiger partial charge on any atom is -0.305 e. The summed E-state index contributed by atoms with van der Waals surface area (Å²) in [5.41, 5.74) is -1.10. The molecule has 0 saturated heterocycles. The molecular weight excluding hydrogens is 285 g/mol. The topological polar surface area (TPSA) is 71.5 Å². The van der Waals surface area contributed by atoms with Gasteiger partial charge in [-0.1, -0.05) is 0 Å². The first-order valence-corrected chi connectivity index (χ1v) is 5.83. The molecule has 0 spiro atoms. The number of fused-ring (bicyclic) bond motifs is 1. The van der Waals surface area contributed by atoms with Gasteiger partial charge in [0.1, 0.15) is 12.0 Å². The number of alkyl halides is 3. The first-order chi connectivity index (χ1) is 9.95. The molecule has 8 heteroatoms. The Hall–Kier alpha value is -2.77. The largest absolute Gasteiger partial charge is 0.416 e. The van der Waals surface area contributed by atoms with E-state index in [1.807, 2.05) is 0 Å². The first-order valence-electron chi connectivity index (χ1n) is 5.83. The van der Waals surface area contributed by atoms with Gasteiger partial charge in [0.25, 0.3) is 5.56 Å². The van der Waals surface area contributed by atoms with E-state index >= 15 is 0 Å². The smallest absolute Gasteiger partial charge is 0.305 e. The molecular formula is C13H7F3N4O. The van der Waals surface area contributed by atoms with Gasteiger partial charge in [-0.05, 0) is 24.3 Å². The zero-order chi connectivity index (χ0) is 15.0. The lowest BCUT2D eigenvalue weighted by molar-refractivity contribution is -0.137. The second-order valence-corrected chi connectivity index (χ2v) is 4.24. The van der Waals surface area contributed by atoms with E-state index in [9.17, 15) is 18.0 Å². The minimum absolute atomic E-state index is 0.0396. The van der Waals surface area contributed by atoms with E-state index in [1.165, 1.54) is 18.6 Å². The quantitative estimate of drug-likeness (QED) is 0.747. The number of benzene rings is 1. The van der Waals surface area contributed by atoms with E-state index < -0.39 is 17.3 Å². The highest BCUT2D eigenvalue weighted by Crippen LogP contribution is 2.30. The van der Waals surface area contributed by atoms with Crippen molar-refractivity contribution in [2.24, 2.45) is 0 Å². The molecule has 0 unspecified atom stereocenters. The molecule has 21 heavy (non-hydrogen) atoms. The van der Waals surface area contributed by atoms with E-state index in [-0.39, 0.29) is 16.7 Å². The predicted molar refractivity (Wildman–Crippen MR) is 68.4 cm³/mol. The number of hydrogen-bond acceptors (Lipinski definition) is 4. The van der Waals surface area contributed by atoms with Crippen molar-refractivity contribution in [3.8, 4) is 11.5 Å². The molecule has 2 aromatic heterocycles. The zero-order valence-electron chi connectivity index (χ0n) is 10.3. The van der Waals surface area contributed by atoms with Gasteiger partial charge < -0.3 is 4.98 Å². The highest BCUT2D eigenvalue weighted by molar-refractivity contribution is 5.79. The van der Waals surface area contributed by atoms with Crippen LogP contribution in [0.4, 0.5) is 13.2 Å². The molecule has 1 N–H and O–H groups in total. The molecule has 0 aliphatic carbocycles. The summed E-state index contributed by atoms with van der Waals surface area (Å²) in [6.45, 7) is 0. The highest BCUT2D eigenvalue weighted by Gasteiger charge is 2.30. The van der Waals surface area contributed by atoms with Crippen molar-refractivity contribution in [2.45, 2.75) is 6.18 Å². The Morgan fingerprint density at radius 2 is 1.95 bits per heavy atom. The van der Waals surface area contributed by atoms with Gasteiger partial charge in [0, 0.05) is 6.20 Å². The van der Waals surface area contributed by atoms with Gasteiger partial charge >= 0.3 is 6.18 Å². The monoisotopic (exact) mass is 292 g/mol. The summed E-state index contributed by atoms with van der Waals surface area (Å²) in [6, 6.07) is 4.30. The summed E-state index contributed by atoms with van der Waals surface area (Å²) in [5.74, 6) is 0.0919. The van der Waals surface area contributed by atoms with Gasteiger partial charge in [-0.25, -0.2) is 15.0 Å². The number of aromatic amines is 1. The lowest BCUT2D eigenvalue weighted by atomic mass is 10.1. The first kappa shape index (κ1) is 13.2. The summed E-state index contributed by atoms with van der Waals surface area (Å²) in [4.78, 5) is 26.1. The second kappa shape index (κ2) is 4.65. The number of rotatable bonds is 1. The Balaban J connectivity index is 2.24. The van der Waals surface area contributed by atoms with Crippen molar-refractivity contribution in [3.05, 3.63) is 52.7 Å². The van der Waals surface area contributed by atoms with Crippen molar-refractivity contribution in [1.82, 2.24) is 19.9 Å². The fourth-order valence-electron chi connectivity index (χ4n) is 1.87. The maximum absolute atomic E-state index is 12.7. The predicted octanol–water partition coefficient (Wildman–Crippen LogP) is 2.40. The maximum Gasteiger partial charge on any atom is 0.416 e. The number of hydrogen-bond donors (Lipinski definition) is 1. The third-order valence-electron chi connectivity index (χ3n) is 2.86. The van der Waals surface area contributed by atoms with Gasteiger partial charge in [0.05, 0.1) is 16.5 Å². The van der Waals surface area contributed by atoms with Crippen LogP contribution in [-0.2, 0) is 6.18 Å². The summed E-state index contributed by atoms with van der Waals surface area (Å²) < 4.78 is 38.1. The van der Waals surface area contributed by atoms with Gasteiger partial charge in [-0.3, -0.25) is 4.79 Å². The Morgan fingerprint density at radius 3 is 2.62 bits per heavy atom. The molecule has 0 aliphatic rings. The maximum atomic E-state index is 12.7. The van der Waals surface area contributed by atoms with Crippen LogP contribution in [0.3, 0.4) is 0 Å². The lowest BCUT2D eigenvalue weighted by Crippen LogP contribution is -2.12. The van der Waals surface area contributed by atoms with Crippen molar-refractivity contribution >= 4 is 10.9 Å². The van der Waals surface area contributed by atoms with Crippen LogP contribution in [0.1, 0.15) is 5.56 Å². The molecule has 0 aliphatic heterocycles. The number of nitrogens with one attached hydrogen (secondary N) is 1. The van der Waals surface area contributed by atoms with Crippen molar-refractivity contribution < 1.29 is 13.2 Å². The molecule has 3 rings (SSSR count). The Kier molecular flexibility index (Phi) is 2.93. The van der Waals surface area contributed by atoms with Crippen LogP contribution in [0.2, 0.25) is 0 Å². The van der Waals surface area contributed by atoms with Gasteiger partial charge in [-0.15, -0.1) is 0 Å². The lowest BCUT2D eigenvalue weighted by Gasteiger charge is -2.07. The summed E-state index contributed by atoms with van der Waals surface area (Å²) in [7, 11) is 0. The molecule has 0 radical (unpaired) electrons. The molecule has 3 aromatic rings. The van der Waals surface area contributed by atoms with E-state index in [4.69, 9.17) is 0 Å². The standard InChI is InChI=1S/C13H7F3N4O/c14-13(15,16)7-1-2-8-10(5-7)19-11(20-12(8)21)9-3-4-17-6-18-9/h1-6H,(H,19,20,21). The molecule has 0 amide bonds. The van der Waals surface area contributed by atoms with Crippen LogP contribution in [-0.4, -0.2) is 19.9 Å². The molecule has 1 aromatic carbocycles. The van der Waals surface area contributed by atoms with Gasteiger partial charge in [0.15, 0.2) is 5.82 Å². The third kappa shape index (κ3) is 2.47. The second-order valence-electron chi connectivity index (χ2n) is 4.24. The van der Waals surface area contributed by atoms with E-state index in [2.05, 4.69) is 19.9 Å².